The third-order valence-electron chi connectivity index (χ3n) is 8.78. The van der Waals surface area contributed by atoms with Gasteiger partial charge in [-0.15, -0.1) is 0 Å². The molecule has 0 saturated heterocycles. The fourth-order valence-corrected chi connectivity index (χ4v) is 10.5. The number of benzene rings is 4. The molecule has 7 rings (SSSR count). The summed E-state index contributed by atoms with van der Waals surface area (Å²) >= 11 is 0. The number of rotatable bonds is 8. The van der Waals surface area contributed by atoms with Crippen LogP contribution in [-0.4, -0.2) is 11.7 Å². The van der Waals surface area contributed by atoms with Crippen molar-refractivity contribution < 1.29 is 9.05 Å². The second-order valence-electron chi connectivity index (χ2n) is 11.3. The Balaban J connectivity index is 1.40. The molecule has 3 aliphatic rings. The van der Waals surface area contributed by atoms with Crippen LogP contribution in [0.3, 0.4) is 0 Å². The van der Waals surface area contributed by atoms with Crippen LogP contribution in [-0.2, 0) is 9.05 Å². The average molecular weight is 539 g/mol. The molecule has 0 unspecified atom stereocenters. The van der Waals surface area contributed by atoms with Crippen molar-refractivity contribution in [2.24, 2.45) is 17.3 Å². The lowest BCUT2D eigenvalue weighted by molar-refractivity contribution is -0.222. The van der Waals surface area contributed by atoms with E-state index in [1.807, 2.05) is 0 Å². The van der Waals surface area contributed by atoms with E-state index in [0.29, 0.717) is 11.8 Å². The van der Waals surface area contributed by atoms with Gasteiger partial charge in [0.15, 0.2) is 0 Å². The van der Waals surface area contributed by atoms with Gasteiger partial charge in [-0.2, -0.15) is 0 Å². The van der Waals surface area contributed by atoms with Gasteiger partial charge < -0.3 is 9.05 Å². The lowest BCUT2D eigenvalue weighted by Gasteiger charge is -2.66. The van der Waals surface area contributed by atoms with Crippen LogP contribution in [0.2, 0.25) is 0 Å². The summed E-state index contributed by atoms with van der Waals surface area (Å²) in [5.74, 6) is 1.11. The highest BCUT2D eigenvalue weighted by Gasteiger charge is 2.65. The lowest BCUT2D eigenvalue weighted by Crippen LogP contribution is -2.67. The number of hydrogen-bond acceptors (Lipinski definition) is 2. The minimum atomic E-state index is -0.999. The van der Waals surface area contributed by atoms with Crippen LogP contribution in [0.15, 0.2) is 121 Å². The summed E-state index contributed by atoms with van der Waals surface area (Å²) in [7, 11) is -1.97. The minimum Gasteiger partial charge on any atom is -0.343 e. The van der Waals surface area contributed by atoms with Crippen molar-refractivity contribution in [3.63, 3.8) is 0 Å². The van der Waals surface area contributed by atoms with Crippen LogP contribution in [0, 0.1) is 17.3 Å². The summed E-state index contributed by atoms with van der Waals surface area (Å²) in [5, 5.41) is 5.01. The van der Waals surface area contributed by atoms with E-state index in [2.05, 4.69) is 142 Å². The van der Waals surface area contributed by atoms with Gasteiger partial charge in [-0.1, -0.05) is 135 Å². The zero-order chi connectivity index (χ0) is 26.2. The molecule has 0 aromatic heterocycles. The molecule has 3 fully saturated rings. The Bertz CT molecular complexity index is 1250. The van der Waals surface area contributed by atoms with Crippen molar-refractivity contribution in [3.05, 3.63) is 121 Å². The molecule has 3 aliphatic carbocycles. The summed E-state index contributed by atoms with van der Waals surface area (Å²) in [6.07, 6.45) is 2.26. The van der Waals surface area contributed by atoms with E-state index in [1.54, 1.807) is 0 Å². The fraction of sp³-hybridized carbons (Fsp3) is 0.294. The summed E-state index contributed by atoms with van der Waals surface area (Å²) < 4.78 is 14.8. The van der Waals surface area contributed by atoms with Crippen molar-refractivity contribution in [3.8, 4) is 0 Å². The molecule has 4 heteroatoms. The predicted octanol–water partition coefficient (Wildman–Crippen LogP) is 7.31. The Hall–Kier alpha value is -2.34. The Morgan fingerprint density at radius 3 is 1.34 bits per heavy atom. The molecule has 0 heterocycles. The Kier molecular flexibility index (Phi) is 7.28. The maximum absolute atomic E-state index is 7.47. The predicted molar refractivity (Wildman–Crippen MR) is 163 cm³/mol. The number of hydrogen-bond donors (Lipinski definition) is 0. The van der Waals surface area contributed by atoms with Crippen LogP contribution in [0.1, 0.15) is 33.6 Å². The maximum atomic E-state index is 7.47. The molecule has 194 valence electrons. The molecular weight excluding hydrogens is 502 g/mol. The summed E-state index contributed by atoms with van der Waals surface area (Å²) in [4.78, 5) is 0. The van der Waals surface area contributed by atoms with Crippen molar-refractivity contribution >= 4 is 37.5 Å². The first-order valence-electron chi connectivity index (χ1n) is 13.6. The Morgan fingerprint density at radius 1 is 0.553 bits per heavy atom. The number of fused-ring (bicyclic) bond motifs is 2. The first-order chi connectivity index (χ1) is 18.5. The normalized spacial score (nSPS) is 25.8. The van der Waals surface area contributed by atoms with E-state index >= 15 is 0 Å². The molecule has 4 aromatic carbocycles. The molecule has 2 bridgehead atoms. The van der Waals surface area contributed by atoms with Gasteiger partial charge in [-0.3, -0.25) is 0 Å². The summed E-state index contributed by atoms with van der Waals surface area (Å²) in [5.41, 5.74) is -0.162. The van der Waals surface area contributed by atoms with E-state index in [-0.39, 0.29) is 11.5 Å². The van der Waals surface area contributed by atoms with E-state index < -0.39 is 21.9 Å². The van der Waals surface area contributed by atoms with Gasteiger partial charge in [-0.25, -0.2) is 0 Å². The molecule has 38 heavy (non-hydrogen) atoms. The SMILES string of the molecule is CC1(C)[C@@H]2C[C@H]1[C@@](C)(OP(c1ccccc1)c1ccccc1)[C@H](OP(c1ccccc1)c1ccccc1)C2. The standard InChI is InChI=1S/C34H36O2P2/c1-33(2)26-24-31(33)34(3,36-38(29-20-12-6-13-21-29)30-22-14-7-15-23-30)32(25-26)35-37(27-16-8-4-9-17-27)28-18-10-5-11-19-28/h4-23,26,31-32H,24-25H2,1-3H3/t26-,31-,32-,34-/m1/s1. The first kappa shape index (κ1) is 25.9. The van der Waals surface area contributed by atoms with Crippen molar-refractivity contribution in [2.45, 2.75) is 45.3 Å². The van der Waals surface area contributed by atoms with Gasteiger partial charge in [0.05, 0.1) is 22.4 Å². The minimum absolute atomic E-state index is 0.0169. The van der Waals surface area contributed by atoms with E-state index in [9.17, 15) is 0 Å². The molecule has 0 N–H and O–H groups in total. The van der Waals surface area contributed by atoms with Gasteiger partial charge in [0, 0.05) is 21.2 Å². The van der Waals surface area contributed by atoms with Gasteiger partial charge in [0.1, 0.15) is 5.60 Å². The topological polar surface area (TPSA) is 18.5 Å². The average Bonchev–Trinajstić information content (AvgIpc) is 2.97. The van der Waals surface area contributed by atoms with Crippen LogP contribution in [0.25, 0.3) is 0 Å². The molecule has 0 spiro atoms. The van der Waals surface area contributed by atoms with Crippen molar-refractivity contribution in [1.29, 1.82) is 0 Å². The van der Waals surface area contributed by atoms with Crippen LogP contribution < -0.4 is 21.2 Å². The molecule has 2 nitrogen and oxygen atoms in total. The third-order valence-corrected chi connectivity index (χ3v) is 12.9. The van der Waals surface area contributed by atoms with Gasteiger partial charge in [-0.05, 0) is 37.0 Å². The second-order valence-corrected chi connectivity index (χ2v) is 15.0. The molecular formula is C34H36O2P2. The summed E-state index contributed by atoms with van der Waals surface area (Å²) in [6.45, 7) is 7.23. The van der Waals surface area contributed by atoms with E-state index in [0.717, 1.165) is 6.42 Å². The maximum Gasteiger partial charge on any atom is 0.100 e. The highest BCUT2D eigenvalue weighted by atomic mass is 31.1. The van der Waals surface area contributed by atoms with Crippen molar-refractivity contribution in [2.75, 3.05) is 0 Å². The molecule has 3 saturated carbocycles. The first-order valence-corrected chi connectivity index (χ1v) is 16.1. The van der Waals surface area contributed by atoms with Gasteiger partial charge in [0.2, 0.25) is 0 Å². The summed E-state index contributed by atoms with van der Waals surface area (Å²) in [6, 6.07) is 43.1. The monoisotopic (exact) mass is 538 g/mol. The molecule has 4 aromatic rings. The Labute approximate surface area is 230 Å². The quantitative estimate of drug-likeness (QED) is 0.219. The highest BCUT2D eigenvalue weighted by Crippen LogP contribution is 2.67. The largest absolute Gasteiger partial charge is 0.343 e. The van der Waals surface area contributed by atoms with E-state index in [4.69, 9.17) is 9.05 Å². The third kappa shape index (κ3) is 4.78. The smallest absolute Gasteiger partial charge is 0.100 e. The van der Waals surface area contributed by atoms with Crippen molar-refractivity contribution in [1.82, 2.24) is 0 Å². The zero-order valence-corrected chi connectivity index (χ0v) is 24.2. The van der Waals surface area contributed by atoms with Gasteiger partial charge >= 0.3 is 0 Å². The fourth-order valence-electron chi connectivity index (χ4n) is 6.48. The zero-order valence-electron chi connectivity index (χ0n) is 22.4. The highest BCUT2D eigenvalue weighted by molar-refractivity contribution is 7.69. The molecule has 0 aliphatic heterocycles. The molecule has 0 radical (unpaired) electrons. The molecule has 0 amide bonds. The van der Waals surface area contributed by atoms with Crippen LogP contribution in [0.5, 0.6) is 0 Å². The van der Waals surface area contributed by atoms with Crippen LogP contribution >= 0.6 is 16.3 Å². The van der Waals surface area contributed by atoms with Gasteiger partial charge in [0.25, 0.3) is 0 Å². The second kappa shape index (κ2) is 10.7. The van der Waals surface area contributed by atoms with Crippen LogP contribution in [0.4, 0.5) is 0 Å². The van der Waals surface area contributed by atoms with E-state index in [1.165, 1.54) is 27.6 Å². The lowest BCUT2D eigenvalue weighted by atomic mass is 9.43. The molecule has 4 atom stereocenters. The Morgan fingerprint density at radius 2 is 0.947 bits per heavy atom.